The summed E-state index contributed by atoms with van der Waals surface area (Å²) in [4.78, 5) is 24.8. The molecule has 0 bridgehead atoms. The average molecular weight is 482 g/mol. The topological polar surface area (TPSA) is 84.6 Å². The Morgan fingerprint density at radius 3 is 2.57 bits per heavy atom. The van der Waals surface area contributed by atoms with Gasteiger partial charge in [-0.15, -0.1) is 0 Å². The molecule has 0 radical (unpaired) electrons. The molecule has 0 unspecified atom stereocenters. The van der Waals surface area contributed by atoms with Crippen molar-refractivity contribution in [1.29, 1.82) is 0 Å². The highest BCUT2D eigenvalue weighted by atomic mass is 19.2. The number of anilines is 1. The van der Waals surface area contributed by atoms with Gasteiger partial charge in [0.15, 0.2) is 11.6 Å². The second-order valence-electron chi connectivity index (χ2n) is 8.83. The normalized spacial score (nSPS) is 16.1. The van der Waals surface area contributed by atoms with E-state index in [1.165, 1.54) is 18.6 Å². The van der Waals surface area contributed by atoms with E-state index in [0.29, 0.717) is 43.4 Å². The van der Waals surface area contributed by atoms with Crippen molar-refractivity contribution in [3.05, 3.63) is 81.0 Å². The van der Waals surface area contributed by atoms with Crippen LogP contribution in [0.3, 0.4) is 0 Å². The molecule has 0 N–H and O–H groups in total. The summed E-state index contributed by atoms with van der Waals surface area (Å²) in [5.41, 5.74) is 2.29. The largest absolute Gasteiger partial charge is 0.438 e. The molecule has 1 saturated heterocycles. The lowest BCUT2D eigenvalue weighted by Gasteiger charge is -2.31. The zero-order valence-electron chi connectivity index (χ0n) is 19.1. The van der Waals surface area contributed by atoms with Gasteiger partial charge in [-0.05, 0) is 31.4 Å². The van der Waals surface area contributed by atoms with Crippen molar-refractivity contribution in [2.45, 2.75) is 38.8 Å². The number of para-hydroxylation sites is 1. The molecule has 1 aromatic heterocycles. The standard InChI is InChI=1S/C25H25F2N5O3/c26-20-9-8-18(14-21(20)27)35-24-19-16-30(15-17-6-2-3-7-23(17)32(33)34)13-10-22(19)28-25(29-24)31-11-4-1-5-12-31/h2-3,6-9,14H,1,4-5,10-13,15-16H2. The van der Waals surface area contributed by atoms with E-state index in [2.05, 4.69) is 14.8 Å². The number of halogens is 2. The Hall–Kier alpha value is -3.66. The van der Waals surface area contributed by atoms with Crippen LogP contribution in [0.15, 0.2) is 42.5 Å². The van der Waals surface area contributed by atoms with Gasteiger partial charge >= 0.3 is 0 Å². The molecule has 2 aliphatic heterocycles. The van der Waals surface area contributed by atoms with Crippen molar-refractivity contribution in [3.63, 3.8) is 0 Å². The fourth-order valence-electron chi connectivity index (χ4n) is 4.60. The number of aromatic nitrogens is 2. The van der Waals surface area contributed by atoms with Gasteiger partial charge in [0.2, 0.25) is 11.8 Å². The second-order valence-corrected chi connectivity index (χ2v) is 8.83. The third-order valence-electron chi connectivity index (χ3n) is 6.42. The van der Waals surface area contributed by atoms with Crippen molar-refractivity contribution >= 4 is 11.6 Å². The van der Waals surface area contributed by atoms with Crippen LogP contribution in [-0.4, -0.2) is 39.4 Å². The lowest BCUT2D eigenvalue weighted by molar-refractivity contribution is -0.385. The Morgan fingerprint density at radius 1 is 1.00 bits per heavy atom. The Kier molecular flexibility index (Phi) is 6.54. The van der Waals surface area contributed by atoms with Crippen molar-refractivity contribution < 1.29 is 18.4 Å². The lowest BCUT2D eigenvalue weighted by Crippen LogP contribution is -2.34. The number of ether oxygens (including phenoxy) is 1. The van der Waals surface area contributed by atoms with Crippen molar-refractivity contribution in [2.24, 2.45) is 0 Å². The monoisotopic (exact) mass is 481 g/mol. The molecule has 182 valence electrons. The predicted molar refractivity (Wildman–Crippen MR) is 125 cm³/mol. The Morgan fingerprint density at radius 2 is 1.80 bits per heavy atom. The molecular weight excluding hydrogens is 456 g/mol. The van der Waals surface area contributed by atoms with Gasteiger partial charge in [0.1, 0.15) is 5.75 Å². The molecule has 2 aliphatic rings. The predicted octanol–water partition coefficient (Wildman–Crippen LogP) is 5.00. The Labute approximate surface area is 201 Å². The molecule has 1 fully saturated rings. The van der Waals surface area contributed by atoms with Crippen LogP contribution in [0.5, 0.6) is 11.6 Å². The summed E-state index contributed by atoms with van der Waals surface area (Å²) in [6.07, 6.45) is 3.90. The van der Waals surface area contributed by atoms with Crippen LogP contribution in [0.1, 0.15) is 36.1 Å². The van der Waals surface area contributed by atoms with Gasteiger partial charge in [0.25, 0.3) is 5.69 Å². The van der Waals surface area contributed by atoms with Gasteiger partial charge in [-0.2, -0.15) is 4.98 Å². The number of rotatable bonds is 6. The molecular formula is C25H25F2N5O3. The summed E-state index contributed by atoms with van der Waals surface area (Å²) in [6.45, 7) is 3.18. The first-order valence-corrected chi connectivity index (χ1v) is 11.7. The van der Waals surface area contributed by atoms with Crippen LogP contribution >= 0.6 is 0 Å². The van der Waals surface area contributed by atoms with Gasteiger partial charge in [-0.3, -0.25) is 15.0 Å². The molecule has 0 amide bonds. The van der Waals surface area contributed by atoms with E-state index in [9.17, 15) is 18.9 Å². The van der Waals surface area contributed by atoms with E-state index >= 15 is 0 Å². The number of nitrogens with zero attached hydrogens (tertiary/aromatic N) is 5. The zero-order valence-corrected chi connectivity index (χ0v) is 19.1. The summed E-state index contributed by atoms with van der Waals surface area (Å²) in [5.74, 6) is -0.932. The van der Waals surface area contributed by atoms with Crippen molar-refractivity contribution in [2.75, 3.05) is 24.5 Å². The number of nitro groups is 1. The highest BCUT2D eigenvalue weighted by Gasteiger charge is 2.27. The van der Waals surface area contributed by atoms with Gasteiger partial charge in [0.05, 0.1) is 16.2 Å². The molecule has 0 saturated carbocycles. The molecule has 0 atom stereocenters. The highest BCUT2D eigenvalue weighted by molar-refractivity contribution is 5.44. The molecule has 5 rings (SSSR count). The quantitative estimate of drug-likeness (QED) is 0.362. The highest BCUT2D eigenvalue weighted by Crippen LogP contribution is 2.33. The minimum Gasteiger partial charge on any atom is -0.438 e. The maximum atomic E-state index is 13.8. The first kappa shape index (κ1) is 23.1. The van der Waals surface area contributed by atoms with E-state index in [4.69, 9.17) is 9.72 Å². The van der Waals surface area contributed by atoms with Crippen LogP contribution in [-0.2, 0) is 19.5 Å². The minimum atomic E-state index is -1.00. The zero-order chi connectivity index (χ0) is 24.4. The third-order valence-corrected chi connectivity index (χ3v) is 6.42. The van der Waals surface area contributed by atoms with E-state index < -0.39 is 11.6 Å². The molecule has 3 heterocycles. The molecule has 3 aromatic rings. The summed E-state index contributed by atoms with van der Waals surface area (Å²) in [6, 6.07) is 10.1. The average Bonchev–Trinajstić information content (AvgIpc) is 2.87. The SMILES string of the molecule is O=[N+]([O-])c1ccccc1CN1CCc2nc(N3CCCCC3)nc(Oc3ccc(F)c(F)c3)c2C1. The number of piperidine rings is 1. The first-order valence-electron chi connectivity index (χ1n) is 11.7. The van der Waals surface area contributed by atoms with Gasteiger partial charge in [-0.1, -0.05) is 18.2 Å². The van der Waals surface area contributed by atoms with Gasteiger partial charge < -0.3 is 9.64 Å². The van der Waals surface area contributed by atoms with E-state index in [0.717, 1.165) is 49.3 Å². The van der Waals surface area contributed by atoms with Crippen LogP contribution in [0, 0.1) is 21.7 Å². The van der Waals surface area contributed by atoms with Crippen LogP contribution in [0.2, 0.25) is 0 Å². The van der Waals surface area contributed by atoms with Crippen LogP contribution in [0.25, 0.3) is 0 Å². The fourth-order valence-corrected chi connectivity index (χ4v) is 4.60. The summed E-state index contributed by atoms with van der Waals surface area (Å²) in [7, 11) is 0. The maximum absolute atomic E-state index is 13.8. The molecule has 0 spiro atoms. The lowest BCUT2D eigenvalue weighted by atomic mass is 10.0. The molecule has 8 nitrogen and oxygen atoms in total. The smallest absolute Gasteiger partial charge is 0.273 e. The number of nitro benzene ring substituents is 1. The van der Waals surface area contributed by atoms with Crippen molar-refractivity contribution in [3.8, 4) is 11.6 Å². The van der Waals surface area contributed by atoms with Gasteiger partial charge in [-0.25, -0.2) is 13.8 Å². The molecule has 35 heavy (non-hydrogen) atoms. The molecule has 0 aliphatic carbocycles. The molecule has 10 heteroatoms. The number of hydrogen-bond donors (Lipinski definition) is 0. The van der Waals surface area contributed by atoms with Crippen LogP contribution in [0.4, 0.5) is 20.4 Å². The summed E-state index contributed by atoms with van der Waals surface area (Å²) >= 11 is 0. The summed E-state index contributed by atoms with van der Waals surface area (Å²) in [5, 5.41) is 11.4. The maximum Gasteiger partial charge on any atom is 0.273 e. The third kappa shape index (κ3) is 5.07. The van der Waals surface area contributed by atoms with Crippen LogP contribution < -0.4 is 9.64 Å². The Bertz CT molecular complexity index is 1250. The number of benzene rings is 2. The molecule has 2 aromatic carbocycles. The number of hydrogen-bond acceptors (Lipinski definition) is 7. The first-order chi connectivity index (χ1) is 17.0. The Balaban J connectivity index is 1.47. The second kappa shape index (κ2) is 9.91. The number of fused-ring (bicyclic) bond motifs is 1. The van der Waals surface area contributed by atoms with E-state index in [1.807, 2.05) is 0 Å². The van der Waals surface area contributed by atoms with E-state index in [1.54, 1.807) is 18.2 Å². The summed E-state index contributed by atoms with van der Waals surface area (Å²) < 4.78 is 33.3. The minimum absolute atomic E-state index is 0.0771. The van der Waals surface area contributed by atoms with E-state index in [-0.39, 0.29) is 16.4 Å². The fraction of sp³-hybridized carbons (Fsp3) is 0.360. The van der Waals surface area contributed by atoms with Gasteiger partial charge in [0, 0.05) is 56.8 Å². The van der Waals surface area contributed by atoms with Crippen molar-refractivity contribution in [1.82, 2.24) is 14.9 Å².